The van der Waals surface area contributed by atoms with Gasteiger partial charge < -0.3 is 19.1 Å². The second kappa shape index (κ2) is 7.83. The third kappa shape index (κ3) is 5.27. The third-order valence-corrected chi connectivity index (χ3v) is 4.01. The number of ether oxygens (including phenoxy) is 3. The van der Waals surface area contributed by atoms with Gasteiger partial charge in [-0.05, 0) is 20.8 Å². The summed E-state index contributed by atoms with van der Waals surface area (Å²) in [5, 5.41) is 3.47. The molecule has 0 radical (unpaired) electrons. The highest BCUT2D eigenvalue weighted by molar-refractivity contribution is 7.17. The van der Waals surface area contributed by atoms with E-state index in [2.05, 4.69) is 25.2 Å². The number of thiazole rings is 1. The lowest BCUT2D eigenvalue weighted by Gasteiger charge is -2.26. The summed E-state index contributed by atoms with van der Waals surface area (Å²) in [7, 11) is 0. The van der Waals surface area contributed by atoms with Crippen LogP contribution in [0.15, 0.2) is 18.6 Å². The fourth-order valence-corrected chi connectivity index (χ4v) is 2.83. The first-order chi connectivity index (χ1) is 12.4. The van der Waals surface area contributed by atoms with Crippen molar-refractivity contribution in [1.82, 2.24) is 15.0 Å². The van der Waals surface area contributed by atoms with Crippen molar-refractivity contribution in [3.63, 3.8) is 0 Å². The summed E-state index contributed by atoms with van der Waals surface area (Å²) in [6, 6.07) is 0. The van der Waals surface area contributed by atoms with Crippen LogP contribution in [-0.2, 0) is 9.47 Å². The molecule has 26 heavy (non-hydrogen) atoms. The first kappa shape index (κ1) is 18.3. The van der Waals surface area contributed by atoms with Crippen molar-refractivity contribution in [3.8, 4) is 10.8 Å². The van der Waals surface area contributed by atoms with Crippen LogP contribution in [-0.4, -0.2) is 52.9 Å². The number of nitrogens with one attached hydrogen (secondary N) is 1. The van der Waals surface area contributed by atoms with Crippen molar-refractivity contribution in [3.05, 3.63) is 18.6 Å². The highest BCUT2D eigenvalue weighted by atomic mass is 32.1. The Hall–Kier alpha value is -2.46. The van der Waals surface area contributed by atoms with Gasteiger partial charge in [-0.15, -0.1) is 0 Å². The van der Waals surface area contributed by atoms with E-state index in [0.717, 1.165) is 13.1 Å². The molecule has 0 unspecified atom stereocenters. The number of morpholine rings is 1. The molecule has 140 valence electrons. The molecule has 0 atom stereocenters. The number of hydrogen-bond acceptors (Lipinski definition) is 9. The van der Waals surface area contributed by atoms with Gasteiger partial charge in [0.1, 0.15) is 5.60 Å². The molecule has 1 N–H and O–H groups in total. The summed E-state index contributed by atoms with van der Waals surface area (Å²) in [4.78, 5) is 26.5. The Labute approximate surface area is 155 Å². The number of carbonyl (C=O) groups is 1. The van der Waals surface area contributed by atoms with Gasteiger partial charge in [-0.1, -0.05) is 11.3 Å². The zero-order valence-electron chi connectivity index (χ0n) is 14.9. The van der Waals surface area contributed by atoms with Gasteiger partial charge in [0.2, 0.25) is 11.0 Å². The van der Waals surface area contributed by atoms with Crippen LogP contribution in [0, 0.1) is 0 Å². The summed E-state index contributed by atoms with van der Waals surface area (Å²) >= 11 is 1.19. The number of anilines is 2. The molecule has 1 saturated heterocycles. The van der Waals surface area contributed by atoms with E-state index in [0.29, 0.717) is 35.1 Å². The summed E-state index contributed by atoms with van der Waals surface area (Å²) in [5.41, 5.74) is -0.569. The van der Waals surface area contributed by atoms with Gasteiger partial charge >= 0.3 is 6.09 Å². The van der Waals surface area contributed by atoms with E-state index in [1.807, 2.05) is 0 Å². The maximum Gasteiger partial charge on any atom is 0.413 e. The minimum atomic E-state index is -0.569. The molecule has 2 aromatic rings. The second-order valence-electron chi connectivity index (χ2n) is 6.53. The van der Waals surface area contributed by atoms with Crippen molar-refractivity contribution in [2.75, 3.05) is 36.5 Å². The van der Waals surface area contributed by atoms with Crippen LogP contribution in [0.2, 0.25) is 0 Å². The number of rotatable bonds is 4. The SMILES string of the molecule is CC(C)(C)OC(=O)Nc1ncc(Oc2cnc(N3CCOCC3)nc2)s1. The fourth-order valence-electron chi connectivity index (χ4n) is 2.16. The molecule has 10 heteroatoms. The molecule has 0 saturated carbocycles. The summed E-state index contributed by atoms with van der Waals surface area (Å²) in [6.07, 6.45) is 4.18. The van der Waals surface area contributed by atoms with Crippen LogP contribution in [0.3, 0.4) is 0 Å². The predicted molar refractivity (Wildman–Crippen MR) is 97.1 cm³/mol. The minimum absolute atomic E-state index is 0.389. The van der Waals surface area contributed by atoms with Crippen molar-refractivity contribution < 1.29 is 19.0 Å². The Morgan fingerprint density at radius 2 is 1.88 bits per heavy atom. The van der Waals surface area contributed by atoms with E-state index in [1.54, 1.807) is 33.2 Å². The largest absolute Gasteiger partial charge is 0.444 e. The first-order valence-corrected chi connectivity index (χ1v) is 8.99. The zero-order chi connectivity index (χ0) is 18.6. The van der Waals surface area contributed by atoms with Gasteiger partial charge in [0.25, 0.3) is 0 Å². The molecule has 1 aliphatic rings. The van der Waals surface area contributed by atoms with Gasteiger partial charge in [0.15, 0.2) is 10.9 Å². The van der Waals surface area contributed by atoms with Crippen molar-refractivity contribution >= 4 is 28.5 Å². The lowest BCUT2D eigenvalue weighted by molar-refractivity contribution is 0.0636. The molecule has 3 heterocycles. The van der Waals surface area contributed by atoms with Crippen LogP contribution in [0.25, 0.3) is 0 Å². The molecule has 0 aliphatic carbocycles. The molecule has 3 rings (SSSR count). The topological polar surface area (TPSA) is 98.7 Å². The highest BCUT2D eigenvalue weighted by Crippen LogP contribution is 2.30. The number of aromatic nitrogens is 3. The monoisotopic (exact) mass is 379 g/mol. The molecule has 1 fully saturated rings. The summed E-state index contributed by atoms with van der Waals surface area (Å²) in [6.45, 7) is 8.28. The van der Waals surface area contributed by atoms with Crippen LogP contribution >= 0.6 is 11.3 Å². The lowest BCUT2D eigenvalue weighted by Crippen LogP contribution is -2.37. The molecular weight excluding hydrogens is 358 g/mol. The summed E-state index contributed by atoms with van der Waals surface area (Å²) < 4.78 is 16.2. The second-order valence-corrected chi connectivity index (χ2v) is 7.52. The Bertz CT molecular complexity index is 738. The zero-order valence-corrected chi connectivity index (χ0v) is 15.7. The normalized spacial score (nSPS) is 14.8. The molecule has 0 spiro atoms. The van der Waals surface area contributed by atoms with Gasteiger partial charge in [-0.2, -0.15) is 0 Å². The average molecular weight is 379 g/mol. The maximum absolute atomic E-state index is 11.7. The van der Waals surface area contributed by atoms with E-state index in [1.165, 1.54) is 17.5 Å². The minimum Gasteiger partial charge on any atom is -0.444 e. The van der Waals surface area contributed by atoms with E-state index in [4.69, 9.17) is 14.2 Å². The number of carbonyl (C=O) groups excluding carboxylic acids is 1. The van der Waals surface area contributed by atoms with Gasteiger partial charge in [0.05, 0.1) is 31.8 Å². The van der Waals surface area contributed by atoms with E-state index in [-0.39, 0.29) is 0 Å². The molecule has 1 aliphatic heterocycles. The van der Waals surface area contributed by atoms with Crippen LogP contribution in [0.1, 0.15) is 20.8 Å². The van der Waals surface area contributed by atoms with Crippen molar-refractivity contribution in [1.29, 1.82) is 0 Å². The van der Waals surface area contributed by atoms with Crippen LogP contribution in [0.5, 0.6) is 10.8 Å². The Kier molecular flexibility index (Phi) is 5.52. The molecule has 1 amide bonds. The Balaban J connectivity index is 1.56. The third-order valence-electron chi connectivity index (χ3n) is 3.22. The molecular formula is C16H21N5O4S. The quantitative estimate of drug-likeness (QED) is 0.866. The first-order valence-electron chi connectivity index (χ1n) is 8.17. The van der Waals surface area contributed by atoms with E-state index in [9.17, 15) is 4.79 Å². The average Bonchev–Trinajstić information content (AvgIpc) is 3.01. The fraction of sp³-hybridized carbons (Fsp3) is 0.500. The number of nitrogens with zero attached hydrogens (tertiary/aromatic N) is 4. The standard InChI is InChI=1S/C16H21N5O4S/c1-16(2,3)25-15(22)20-14-19-10-12(26-14)24-11-8-17-13(18-9-11)21-4-6-23-7-5-21/h8-10H,4-7H2,1-3H3,(H,19,20,22). The van der Waals surface area contributed by atoms with E-state index >= 15 is 0 Å². The molecule has 9 nitrogen and oxygen atoms in total. The van der Waals surface area contributed by atoms with Gasteiger partial charge in [-0.3, -0.25) is 5.32 Å². The molecule has 0 aromatic carbocycles. The Morgan fingerprint density at radius 3 is 2.54 bits per heavy atom. The molecule has 0 bridgehead atoms. The van der Waals surface area contributed by atoms with Gasteiger partial charge in [0, 0.05) is 13.1 Å². The van der Waals surface area contributed by atoms with E-state index < -0.39 is 11.7 Å². The van der Waals surface area contributed by atoms with Crippen molar-refractivity contribution in [2.24, 2.45) is 0 Å². The lowest BCUT2D eigenvalue weighted by atomic mass is 10.2. The van der Waals surface area contributed by atoms with Crippen molar-refractivity contribution in [2.45, 2.75) is 26.4 Å². The Morgan fingerprint density at radius 1 is 1.19 bits per heavy atom. The van der Waals surface area contributed by atoms with Crippen LogP contribution in [0.4, 0.5) is 15.9 Å². The highest BCUT2D eigenvalue weighted by Gasteiger charge is 2.18. The smallest absolute Gasteiger partial charge is 0.413 e. The summed E-state index contributed by atoms with van der Waals surface area (Å²) in [5.74, 6) is 1.15. The van der Waals surface area contributed by atoms with Crippen LogP contribution < -0.4 is 15.0 Å². The predicted octanol–water partition coefficient (Wildman–Crippen LogP) is 2.91. The van der Waals surface area contributed by atoms with Gasteiger partial charge in [-0.25, -0.2) is 19.7 Å². The number of hydrogen-bond donors (Lipinski definition) is 1. The number of amides is 1. The maximum atomic E-state index is 11.7. The molecule has 2 aromatic heterocycles.